The summed E-state index contributed by atoms with van der Waals surface area (Å²) in [5, 5.41) is 0.486. The summed E-state index contributed by atoms with van der Waals surface area (Å²) in [6.07, 6.45) is -1.18. The van der Waals surface area contributed by atoms with Gasteiger partial charge in [-0.1, -0.05) is 18.7 Å². The molecule has 3 unspecified atom stereocenters. The van der Waals surface area contributed by atoms with Gasteiger partial charge in [0.05, 0.1) is 12.6 Å². The van der Waals surface area contributed by atoms with Gasteiger partial charge in [0.15, 0.2) is 5.17 Å². The van der Waals surface area contributed by atoms with Crippen LogP contribution in [-0.4, -0.2) is 35.6 Å². The fourth-order valence-corrected chi connectivity index (χ4v) is 2.97. The van der Waals surface area contributed by atoms with Crippen molar-refractivity contribution in [3.63, 3.8) is 0 Å². The number of aliphatic imine (C=N–C) groups is 1. The molecule has 2 N–H and O–H groups in total. The molecule has 0 radical (unpaired) electrons. The van der Waals surface area contributed by atoms with Gasteiger partial charge in [-0.2, -0.15) is 0 Å². The van der Waals surface area contributed by atoms with E-state index in [2.05, 4.69) is 4.99 Å². The number of amidine groups is 1. The van der Waals surface area contributed by atoms with Crippen molar-refractivity contribution in [3.8, 4) is 0 Å². The average molecular weight is 236 g/mol. The van der Waals surface area contributed by atoms with Crippen LogP contribution in [0.3, 0.4) is 0 Å². The van der Waals surface area contributed by atoms with Crippen LogP contribution in [-0.2, 0) is 4.74 Å². The number of fused-ring (bicyclic) bond motifs is 1. The molecule has 0 bridgehead atoms. The largest absolute Gasteiger partial charge is 0.379 e. The van der Waals surface area contributed by atoms with Gasteiger partial charge in [-0.25, -0.2) is 8.78 Å². The molecule has 3 nitrogen and oxygen atoms in total. The van der Waals surface area contributed by atoms with Crippen LogP contribution in [0.4, 0.5) is 8.78 Å². The highest BCUT2D eigenvalue weighted by atomic mass is 32.2. The SMILES string of the molecule is CCC(F)(F)C1OCC2N=C(N)SCC21. The van der Waals surface area contributed by atoms with E-state index in [1.54, 1.807) is 0 Å². The minimum Gasteiger partial charge on any atom is -0.379 e. The maximum atomic E-state index is 13.5. The topological polar surface area (TPSA) is 47.6 Å². The zero-order valence-electron chi connectivity index (χ0n) is 8.45. The van der Waals surface area contributed by atoms with E-state index < -0.39 is 12.0 Å². The number of nitrogens with two attached hydrogens (primary N) is 1. The van der Waals surface area contributed by atoms with Gasteiger partial charge in [0.2, 0.25) is 0 Å². The van der Waals surface area contributed by atoms with Crippen molar-refractivity contribution in [1.29, 1.82) is 0 Å². The standard InChI is InChI=1S/C9H14F2N2OS/c1-2-9(10,11)7-5-4-15-8(12)13-6(5)3-14-7/h5-7H,2-4H2,1H3,(H2,12,13). The molecule has 0 spiro atoms. The Bertz CT molecular complexity index is 285. The molecule has 0 aliphatic carbocycles. The highest BCUT2D eigenvalue weighted by Crippen LogP contribution is 2.40. The Hall–Kier alpha value is -0.360. The monoisotopic (exact) mass is 236 g/mol. The van der Waals surface area contributed by atoms with Crippen molar-refractivity contribution < 1.29 is 13.5 Å². The third-order valence-corrected chi connectivity index (χ3v) is 3.89. The average Bonchev–Trinajstić information content (AvgIpc) is 2.61. The minimum atomic E-state index is -2.75. The van der Waals surface area contributed by atoms with E-state index in [4.69, 9.17) is 10.5 Å². The molecule has 6 heteroatoms. The van der Waals surface area contributed by atoms with Gasteiger partial charge in [0, 0.05) is 18.1 Å². The van der Waals surface area contributed by atoms with E-state index in [-0.39, 0.29) is 25.0 Å². The van der Waals surface area contributed by atoms with E-state index >= 15 is 0 Å². The number of rotatable bonds is 2. The summed E-state index contributed by atoms with van der Waals surface area (Å²) in [6, 6.07) is -0.173. The second kappa shape index (κ2) is 3.90. The molecule has 2 aliphatic rings. The first kappa shape index (κ1) is 11.1. The molecule has 2 aliphatic heterocycles. The van der Waals surface area contributed by atoms with Crippen LogP contribution in [0.15, 0.2) is 4.99 Å². The summed E-state index contributed by atoms with van der Waals surface area (Å²) in [6.45, 7) is 1.75. The summed E-state index contributed by atoms with van der Waals surface area (Å²) < 4.78 is 32.2. The number of nitrogens with zero attached hydrogens (tertiary/aromatic N) is 1. The van der Waals surface area contributed by atoms with Crippen molar-refractivity contribution in [1.82, 2.24) is 0 Å². The smallest absolute Gasteiger partial charge is 0.273 e. The lowest BCUT2D eigenvalue weighted by molar-refractivity contribution is -0.128. The van der Waals surface area contributed by atoms with E-state index in [0.717, 1.165) is 0 Å². The first-order valence-corrected chi connectivity index (χ1v) is 5.98. The van der Waals surface area contributed by atoms with Crippen molar-refractivity contribution in [2.45, 2.75) is 31.4 Å². The number of hydrogen-bond acceptors (Lipinski definition) is 4. The number of ether oxygens (including phenoxy) is 1. The van der Waals surface area contributed by atoms with Gasteiger partial charge >= 0.3 is 0 Å². The maximum absolute atomic E-state index is 13.5. The summed E-state index contributed by atoms with van der Waals surface area (Å²) in [5.74, 6) is -2.36. The zero-order valence-corrected chi connectivity index (χ0v) is 9.27. The predicted molar refractivity (Wildman–Crippen MR) is 56.3 cm³/mol. The third-order valence-electron chi connectivity index (χ3n) is 2.93. The molecular weight excluding hydrogens is 222 g/mol. The van der Waals surface area contributed by atoms with Gasteiger partial charge < -0.3 is 10.5 Å². The molecule has 0 amide bonds. The predicted octanol–water partition coefficient (Wildman–Crippen LogP) is 1.48. The van der Waals surface area contributed by atoms with Crippen LogP contribution in [0.25, 0.3) is 0 Å². The van der Waals surface area contributed by atoms with Crippen LogP contribution in [0.5, 0.6) is 0 Å². The van der Waals surface area contributed by atoms with Gasteiger partial charge in [0.1, 0.15) is 6.10 Å². The minimum absolute atomic E-state index is 0.173. The van der Waals surface area contributed by atoms with Gasteiger partial charge in [-0.3, -0.25) is 4.99 Å². The summed E-state index contributed by atoms with van der Waals surface area (Å²) in [4.78, 5) is 4.14. The second-order valence-corrected chi connectivity index (χ2v) is 4.92. The van der Waals surface area contributed by atoms with E-state index in [0.29, 0.717) is 10.9 Å². The fraction of sp³-hybridized carbons (Fsp3) is 0.889. The molecule has 86 valence electrons. The van der Waals surface area contributed by atoms with Crippen LogP contribution < -0.4 is 5.73 Å². The third kappa shape index (κ3) is 1.97. The maximum Gasteiger partial charge on any atom is 0.273 e. The number of halogens is 2. The van der Waals surface area contributed by atoms with Crippen LogP contribution in [0.2, 0.25) is 0 Å². The molecule has 1 saturated heterocycles. The molecule has 0 saturated carbocycles. The van der Waals surface area contributed by atoms with Crippen molar-refractivity contribution in [2.24, 2.45) is 16.6 Å². The molecule has 0 aromatic heterocycles. The van der Waals surface area contributed by atoms with E-state index in [1.165, 1.54) is 18.7 Å². The zero-order chi connectivity index (χ0) is 11.1. The fourth-order valence-electron chi connectivity index (χ4n) is 2.00. The first-order chi connectivity index (χ1) is 7.04. The highest BCUT2D eigenvalue weighted by molar-refractivity contribution is 8.13. The molecule has 2 rings (SSSR count). The van der Waals surface area contributed by atoms with Crippen LogP contribution >= 0.6 is 11.8 Å². The lowest BCUT2D eigenvalue weighted by Crippen LogP contribution is -2.42. The van der Waals surface area contributed by atoms with Crippen molar-refractivity contribution >= 4 is 16.9 Å². The molecule has 3 atom stereocenters. The Balaban J connectivity index is 2.14. The molecule has 2 heterocycles. The van der Waals surface area contributed by atoms with Crippen molar-refractivity contribution in [2.75, 3.05) is 12.4 Å². The summed E-state index contributed by atoms with van der Waals surface area (Å²) in [5.41, 5.74) is 5.55. The lowest BCUT2D eigenvalue weighted by Gasteiger charge is -2.29. The van der Waals surface area contributed by atoms with Gasteiger partial charge in [-0.15, -0.1) is 0 Å². The van der Waals surface area contributed by atoms with Crippen LogP contribution in [0, 0.1) is 5.92 Å². The number of thioether (sulfide) groups is 1. The quantitative estimate of drug-likeness (QED) is 0.790. The Labute approximate surface area is 91.5 Å². The lowest BCUT2D eigenvalue weighted by atomic mass is 9.93. The Morgan fingerprint density at radius 3 is 3.07 bits per heavy atom. The Kier molecular flexibility index (Phi) is 2.89. The van der Waals surface area contributed by atoms with Crippen LogP contribution in [0.1, 0.15) is 13.3 Å². The van der Waals surface area contributed by atoms with Gasteiger partial charge in [0.25, 0.3) is 5.92 Å². The first-order valence-electron chi connectivity index (χ1n) is 5.00. The molecule has 15 heavy (non-hydrogen) atoms. The highest BCUT2D eigenvalue weighted by Gasteiger charge is 2.51. The number of alkyl halides is 2. The van der Waals surface area contributed by atoms with E-state index in [1.807, 2.05) is 0 Å². The normalized spacial score (nSPS) is 36.2. The Morgan fingerprint density at radius 2 is 2.40 bits per heavy atom. The number of hydrogen-bond donors (Lipinski definition) is 1. The molecule has 0 aromatic rings. The van der Waals surface area contributed by atoms with Crippen molar-refractivity contribution in [3.05, 3.63) is 0 Å². The molecular formula is C9H14F2N2OS. The summed E-state index contributed by atoms with van der Waals surface area (Å²) in [7, 11) is 0. The van der Waals surface area contributed by atoms with Gasteiger partial charge in [-0.05, 0) is 0 Å². The second-order valence-electron chi connectivity index (χ2n) is 3.88. The molecule has 1 fully saturated rings. The summed E-state index contributed by atoms with van der Waals surface area (Å²) >= 11 is 1.34. The van der Waals surface area contributed by atoms with E-state index in [9.17, 15) is 8.78 Å². The molecule has 0 aromatic carbocycles. The Morgan fingerprint density at radius 1 is 1.67 bits per heavy atom.